The second kappa shape index (κ2) is 7.84. The molecule has 0 amide bonds. The maximum absolute atomic E-state index is 5.66. The van der Waals surface area contributed by atoms with Gasteiger partial charge in [0.25, 0.3) is 0 Å². The number of nitrogens with zero attached hydrogens (tertiary/aromatic N) is 3. The van der Waals surface area contributed by atoms with E-state index in [1.807, 2.05) is 0 Å². The van der Waals surface area contributed by atoms with Crippen LogP contribution in [0.15, 0.2) is 10.9 Å². The van der Waals surface area contributed by atoms with Crippen LogP contribution >= 0.6 is 24.8 Å². The molecule has 2 heterocycles. The summed E-state index contributed by atoms with van der Waals surface area (Å²) in [6.45, 7) is 3.74. The lowest BCUT2D eigenvalue weighted by atomic mass is 9.98. The van der Waals surface area contributed by atoms with Crippen LogP contribution in [-0.2, 0) is 6.54 Å². The van der Waals surface area contributed by atoms with Crippen LogP contribution in [0.3, 0.4) is 0 Å². The average molecular weight is 269 g/mol. The molecule has 2 N–H and O–H groups in total. The van der Waals surface area contributed by atoms with Gasteiger partial charge < -0.3 is 10.3 Å². The van der Waals surface area contributed by atoms with Crippen LogP contribution in [0.2, 0.25) is 0 Å². The van der Waals surface area contributed by atoms with Gasteiger partial charge in [0, 0.05) is 6.54 Å². The zero-order valence-electron chi connectivity index (χ0n) is 9.04. The fraction of sp³-hybridized carbons (Fsp3) is 0.778. The molecular weight excluding hydrogens is 251 g/mol. The van der Waals surface area contributed by atoms with Gasteiger partial charge in [-0.15, -0.1) is 24.8 Å². The van der Waals surface area contributed by atoms with E-state index < -0.39 is 0 Å². The van der Waals surface area contributed by atoms with Crippen molar-refractivity contribution in [2.24, 2.45) is 11.7 Å². The Labute approximate surface area is 108 Å². The minimum Gasteiger partial charge on any atom is -0.343 e. The summed E-state index contributed by atoms with van der Waals surface area (Å²) >= 11 is 0. The van der Waals surface area contributed by atoms with E-state index in [2.05, 4.69) is 15.0 Å². The maximum atomic E-state index is 5.66. The third-order valence-corrected chi connectivity index (χ3v) is 2.71. The quantitative estimate of drug-likeness (QED) is 0.889. The Morgan fingerprint density at radius 3 is 2.94 bits per heavy atom. The summed E-state index contributed by atoms with van der Waals surface area (Å²) in [6, 6.07) is 0. The van der Waals surface area contributed by atoms with Gasteiger partial charge >= 0.3 is 0 Å². The molecule has 1 fully saturated rings. The highest BCUT2D eigenvalue weighted by Crippen LogP contribution is 2.16. The molecule has 16 heavy (non-hydrogen) atoms. The molecule has 7 heteroatoms. The van der Waals surface area contributed by atoms with E-state index in [4.69, 9.17) is 10.3 Å². The monoisotopic (exact) mass is 268 g/mol. The summed E-state index contributed by atoms with van der Waals surface area (Å²) in [5.41, 5.74) is 5.66. The van der Waals surface area contributed by atoms with Crippen LogP contribution < -0.4 is 5.73 Å². The molecular formula is C9H18Cl2N4O. The summed E-state index contributed by atoms with van der Waals surface area (Å²) < 4.78 is 4.70. The first-order chi connectivity index (χ1) is 6.88. The van der Waals surface area contributed by atoms with Crippen LogP contribution in [0.5, 0.6) is 0 Å². The Morgan fingerprint density at radius 1 is 1.50 bits per heavy atom. The maximum Gasteiger partial charge on any atom is 0.213 e. The van der Waals surface area contributed by atoms with Crippen molar-refractivity contribution in [1.82, 2.24) is 15.0 Å². The molecule has 0 spiro atoms. The molecule has 1 aromatic rings. The predicted molar refractivity (Wildman–Crippen MR) is 65.8 cm³/mol. The number of nitrogens with two attached hydrogens (primary N) is 1. The SMILES string of the molecule is Cl.Cl.NCC1CCCN(Cc2ncon2)C1. The highest BCUT2D eigenvalue weighted by Gasteiger charge is 2.19. The minimum atomic E-state index is 0. The summed E-state index contributed by atoms with van der Waals surface area (Å²) in [6.07, 6.45) is 3.85. The zero-order chi connectivity index (χ0) is 9.80. The average Bonchev–Trinajstić information content (AvgIpc) is 2.71. The summed E-state index contributed by atoms with van der Waals surface area (Å²) in [4.78, 5) is 6.35. The molecule has 2 rings (SSSR count). The third-order valence-electron chi connectivity index (χ3n) is 2.71. The topological polar surface area (TPSA) is 68.2 Å². The molecule has 1 saturated heterocycles. The largest absolute Gasteiger partial charge is 0.343 e. The fourth-order valence-corrected chi connectivity index (χ4v) is 1.95. The Kier molecular flexibility index (Phi) is 7.66. The normalized spacial score (nSPS) is 20.9. The van der Waals surface area contributed by atoms with Crippen molar-refractivity contribution in [3.05, 3.63) is 12.2 Å². The van der Waals surface area contributed by atoms with Crippen LogP contribution in [0.1, 0.15) is 18.7 Å². The third kappa shape index (κ3) is 4.25. The molecule has 5 nitrogen and oxygen atoms in total. The van der Waals surface area contributed by atoms with E-state index in [1.54, 1.807) is 0 Å². The van der Waals surface area contributed by atoms with E-state index in [9.17, 15) is 0 Å². The van der Waals surface area contributed by atoms with Gasteiger partial charge in [-0.1, -0.05) is 5.16 Å². The van der Waals surface area contributed by atoms with Gasteiger partial charge in [-0.3, -0.25) is 4.90 Å². The number of aromatic nitrogens is 2. The molecule has 1 aromatic heterocycles. The molecule has 1 aliphatic heterocycles. The molecule has 0 aromatic carbocycles. The number of likely N-dealkylation sites (tertiary alicyclic amines) is 1. The van der Waals surface area contributed by atoms with E-state index in [0.29, 0.717) is 5.92 Å². The first-order valence-corrected chi connectivity index (χ1v) is 5.06. The van der Waals surface area contributed by atoms with E-state index >= 15 is 0 Å². The van der Waals surface area contributed by atoms with Crippen molar-refractivity contribution < 1.29 is 4.52 Å². The lowest BCUT2D eigenvalue weighted by molar-refractivity contribution is 0.166. The van der Waals surface area contributed by atoms with E-state index in [1.165, 1.54) is 19.2 Å². The molecule has 1 unspecified atom stereocenters. The lowest BCUT2D eigenvalue weighted by Crippen LogP contribution is -2.38. The van der Waals surface area contributed by atoms with Crippen LogP contribution in [-0.4, -0.2) is 34.7 Å². The lowest BCUT2D eigenvalue weighted by Gasteiger charge is -2.30. The van der Waals surface area contributed by atoms with Crippen LogP contribution in [0.25, 0.3) is 0 Å². The van der Waals surface area contributed by atoms with E-state index in [-0.39, 0.29) is 24.8 Å². The molecule has 0 saturated carbocycles. The minimum absolute atomic E-state index is 0. The van der Waals surface area contributed by atoms with Crippen molar-refractivity contribution in [2.75, 3.05) is 19.6 Å². The van der Waals surface area contributed by atoms with Gasteiger partial charge in [0.1, 0.15) is 0 Å². The van der Waals surface area contributed by atoms with Gasteiger partial charge in [0.05, 0.1) is 6.54 Å². The summed E-state index contributed by atoms with van der Waals surface area (Å²) in [5.74, 6) is 1.40. The van der Waals surface area contributed by atoms with Crippen molar-refractivity contribution in [3.63, 3.8) is 0 Å². The van der Waals surface area contributed by atoms with Crippen LogP contribution in [0.4, 0.5) is 0 Å². The Morgan fingerprint density at radius 2 is 2.31 bits per heavy atom. The van der Waals surface area contributed by atoms with Crippen molar-refractivity contribution >= 4 is 24.8 Å². The van der Waals surface area contributed by atoms with Crippen molar-refractivity contribution in [2.45, 2.75) is 19.4 Å². The van der Waals surface area contributed by atoms with Gasteiger partial charge in [-0.2, -0.15) is 4.98 Å². The Hall–Kier alpha value is -0.360. The van der Waals surface area contributed by atoms with E-state index in [0.717, 1.165) is 32.0 Å². The predicted octanol–water partition coefficient (Wildman–Crippen LogP) is 1.08. The summed E-state index contributed by atoms with van der Waals surface area (Å²) in [5, 5.41) is 3.80. The van der Waals surface area contributed by atoms with Gasteiger partial charge in [0.2, 0.25) is 6.39 Å². The van der Waals surface area contributed by atoms with Crippen molar-refractivity contribution in [1.29, 1.82) is 0 Å². The van der Waals surface area contributed by atoms with Gasteiger partial charge in [-0.05, 0) is 31.8 Å². The number of hydrogen-bond acceptors (Lipinski definition) is 5. The molecule has 1 aliphatic rings. The number of halogens is 2. The first kappa shape index (κ1) is 15.6. The summed E-state index contributed by atoms with van der Waals surface area (Å²) in [7, 11) is 0. The van der Waals surface area contributed by atoms with Gasteiger partial charge in [-0.25, -0.2) is 0 Å². The van der Waals surface area contributed by atoms with Crippen LogP contribution in [0, 0.1) is 5.92 Å². The molecule has 94 valence electrons. The second-order valence-electron chi connectivity index (χ2n) is 3.83. The van der Waals surface area contributed by atoms with Gasteiger partial charge in [0.15, 0.2) is 5.82 Å². The Bertz CT molecular complexity index is 270. The highest BCUT2D eigenvalue weighted by molar-refractivity contribution is 5.85. The molecule has 0 bridgehead atoms. The van der Waals surface area contributed by atoms with Crippen molar-refractivity contribution in [3.8, 4) is 0 Å². The second-order valence-corrected chi connectivity index (χ2v) is 3.83. The molecule has 0 radical (unpaired) electrons. The number of rotatable bonds is 3. The Balaban J connectivity index is 0.00000112. The standard InChI is InChI=1S/C9H16N4O.2ClH/c10-4-8-2-1-3-13(5-8)6-9-11-7-14-12-9;;/h7-8H,1-6,10H2;2*1H. The zero-order valence-corrected chi connectivity index (χ0v) is 10.7. The number of piperidine rings is 1. The number of hydrogen-bond donors (Lipinski definition) is 1. The first-order valence-electron chi connectivity index (χ1n) is 5.06. The fourth-order valence-electron chi connectivity index (χ4n) is 1.95. The molecule has 1 atom stereocenters. The highest BCUT2D eigenvalue weighted by atomic mass is 35.5. The molecule has 0 aliphatic carbocycles. The smallest absolute Gasteiger partial charge is 0.213 e.